The number of hydrogen-bond donors (Lipinski definition) is 1. The molecule has 1 aromatic carbocycles. The summed E-state index contributed by atoms with van der Waals surface area (Å²) in [5.74, 6) is -0.458. The summed E-state index contributed by atoms with van der Waals surface area (Å²) in [7, 11) is 1.84. The Balaban J connectivity index is 2.48. The second kappa shape index (κ2) is 4.17. The van der Waals surface area contributed by atoms with Crippen LogP contribution in [0.15, 0.2) is 28.7 Å². The number of aromatic nitrogens is 1. The van der Waals surface area contributed by atoms with Crippen molar-refractivity contribution in [2.24, 2.45) is 7.05 Å². The van der Waals surface area contributed by atoms with Gasteiger partial charge in [0.1, 0.15) is 0 Å². The van der Waals surface area contributed by atoms with Crippen LogP contribution in [0.25, 0.3) is 10.9 Å². The van der Waals surface area contributed by atoms with E-state index < -0.39 is 5.97 Å². The molecule has 0 unspecified atom stereocenters. The maximum absolute atomic E-state index is 10.5. The van der Waals surface area contributed by atoms with Crippen LogP contribution in [0.3, 0.4) is 0 Å². The molecule has 0 aliphatic rings. The van der Waals surface area contributed by atoms with Gasteiger partial charge in [0, 0.05) is 12.4 Å². The Kier molecular flexibility index (Phi) is 2.87. The number of aliphatic carboxylic acids is 1. The van der Waals surface area contributed by atoms with E-state index in [4.69, 9.17) is 9.84 Å². The fourth-order valence-electron chi connectivity index (χ4n) is 1.61. The second-order valence-electron chi connectivity index (χ2n) is 3.38. The van der Waals surface area contributed by atoms with Crippen molar-refractivity contribution in [3.05, 3.63) is 28.7 Å². The quantitative estimate of drug-likeness (QED) is 0.941. The Hall–Kier alpha value is -1.49. The van der Waals surface area contributed by atoms with Crippen molar-refractivity contribution in [2.75, 3.05) is 6.61 Å². The highest BCUT2D eigenvalue weighted by molar-refractivity contribution is 9.10. The zero-order valence-corrected chi connectivity index (χ0v) is 10.2. The summed E-state index contributed by atoms with van der Waals surface area (Å²) in [4.78, 5) is 10.5. The van der Waals surface area contributed by atoms with E-state index in [0.717, 1.165) is 15.4 Å². The van der Waals surface area contributed by atoms with Gasteiger partial charge in [-0.25, -0.2) is 4.79 Å². The number of para-hydroxylation sites is 1. The fourth-order valence-corrected chi connectivity index (χ4v) is 2.33. The van der Waals surface area contributed by atoms with Crippen molar-refractivity contribution < 1.29 is 14.6 Å². The van der Waals surface area contributed by atoms with Crippen molar-refractivity contribution in [1.29, 1.82) is 0 Å². The minimum atomic E-state index is -0.989. The molecular formula is C11H10BrNO3. The molecule has 4 nitrogen and oxygen atoms in total. The van der Waals surface area contributed by atoms with E-state index in [1.165, 1.54) is 0 Å². The topological polar surface area (TPSA) is 51.5 Å². The Labute approximate surface area is 101 Å². The highest BCUT2D eigenvalue weighted by atomic mass is 79.9. The third-order valence-corrected chi connectivity index (χ3v) is 3.09. The number of aryl methyl sites for hydroxylation is 1. The lowest BCUT2D eigenvalue weighted by Crippen LogP contribution is -2.11. The molecule has 0 bridgehead atoms. The molecule has 0 aliphatic heterocycles. The van der Waals surface area contributed by atoms with Gasteiger partial charge in [-0.1, -0.05) is 18.2 Å². The van der Waals surface area contributed by atoms with Crippen molar-refractivity contribution in [3.8, 4) is 5.88 Å². The molecule has 2 aromatic rings. The van der Waals surface area contributed by atoms with E-state index in [-0.39, 0.29) is 6.61 Å². The van der Waals surface area contributed by atoms with Crippen molar-refractivity contribution >= 4 is 32.8 Å². The zero-order valence-electron chi connectivity index (χ0n) is 8.61. The average molecular weight is 284 g/mol. The normalized spacial score (nSPS) is 10.6. The molecule has 0 spiro atoms. The number of halogens is 1. The van der Waals surface area contributed by atoms with E-state index in [9.17, 15) is 4.79 Å². The summed E-state index contributed by atoms with van der Waals surface area (Å²) in [6.45, 7) is -0.344. The van der Waals surface area contributed by atoms with Crippen LogP contribution in [0.1, 0.15) is 0 Å². The van der Waals surface area contributed by atoms with E-state index >= 15 is 0 Å². The standard InChI is InChI=1S/C11H10BrNO3/c1-13-8-5-3-2-4-7(8)10(12)11(13)16-6-9(14)15/h2-5H,6H2,1H3,(H,14,15). The SMILES string of the molecule is Cn1c(OCC(=O)O)c(Br)c2ccccc21. The molecule has 0 amide bonds. The van der Waals surface area contributed by atoms with Crippen LogP contribution < -0.4 is 4.74 Å². The number of fused-ring (bicyclic) bond motifs is 1. The van der Waals surface area contributed by atoms with E-state index in [1.807, 2.05) is 35.9 Å². The summed E-state index contributed by atoms with van der Waals surface area (Å²) in [5.41, 5.74) is 0.995. The average Bonchev–Trinajstić information content (AvgIpc) is 2.50. The van der Waals surface area contributed by atoms with Crippen molar-refractivity contribution in [1.82, 2.24) is 4.57 Å². The molecule has 1 aromatic heterocycles. The number of hydrogen-bond acceptors (Lipinski definition) is 2. The third kappa shape index (κ3) is 1.78. The first-order valence-corrected chi connectivity index (χ1v) is 5.48. The molecule has 2 rings (SSSR count). The summed E-state index contributed by atoms with van der Waals surface area (Å²) in [5, 5.41) is 9.59. The van der Waals surface area contributed by atoms with Gasteiger partial charge in [-0.15, -0.1) is 0 Å². The largest absolute Gasteiger partial charge is 0.479 e. The smallest absolute Gasteiger partial charge is 0.341 e. The number of carbonyl (C=O) groups is 1. The number of ether oxygens (including phenoxy) is 1. The fraction of sp³-hybridized carbons (Fsp3) is 0.182. The number of nitrogens with zero attached hydrogens (tertiary/aromatic N) is 1. The van der Waals surface area contributed by atoms with E-state index in [2.05, 4.69) is 15.9 Å². The highest BCUT2D eigenvalue weighted by Gasteiger charge is 2.14. The van der Waals surface area contributed by atoms with E-state index in [1.54, 1.807) is 0 Å². The van der Waals surface area contributed by atoms with Crippen molar-refractivity contribution in [3.63, 3.8) is 0 Å². The third-order valence-electron chi connectivity index (χ3n) is 2.33. The molecule has 0 saturated heterocycles. The van der Waals surface area contributed by atoms with Crippen LogP contribution in [-0.4, -0.2) is 22.2 Å². The summed E-state index contributed by atoms with van der Waals surface area (Å²) < 4.78 is 7.84. The molecule has 0 radical (unpaired) electrons. The van der Waals surface area contributed by atoms with Gasteiger partial charge in [-0.2, -0.15) is 0 Å². The molecular weight excluding hydrogens is 274 g/mol. The highest BCUT2D eigenvalue weighted by Crippen LogP contribution is 2.35. The van der Waals surface area contributed by atoms with Gasteiger partial charge in [0.05, 0.1) is 9.99 Å². The van der Waals surface area contributed by atoms with Crippen LogP contribution in [0.5, 0.6) is 5.88 Å². The zero-order chi connectivity index (χ0) is 11.7. The number of rotatable bonds is 3. The maximum atomic E-state index is 10.5. The Bertz CT molecular complexity index is 508. The molecule has 16 heavy (non-hydrogen) atoms. The van der Waals surface area contributed by atoms with Gasteiger partial charge in [0.15, 0.2) is 6.61 Å². The van der Waals surface area contributed by atoms with Crippen LogP contribution in [0, 0.1) is 0 Å². The predicted octanol–water partition coefficient (Wildman–Crippen LogP) is 2.40. The van der Waals surface area contributed by atoms with Gasteiger partial charge in [-0.3, -0.25) is 0 Å². The van der Waals surface area contributed by atoms with Crippen LogP contribution >= 0.6 is 15.9 Å². The van der Waals surface area contributed by atoms with Crippen LogP contribution in [0.2, 0.25) is 0 Å². The first kappa shape index (κ1) is 11.0. The lowest BCUT2D eigenvalue weighted by Gasteiger charge is -2.05. The van der Waals surface area contributed by atoms with Gasteiger partial charge in [0.25, 0.3) is 0 Å². The minimum Gasteiger partial charge on any atom is -0.479 e. The molecule has 0 fully saturated rings. The lowest BCUT2D eigenvalue weighted by molar-refractivity contribution is -0.139. The molecule has 5 heteroatoms. The first-order valence-electron chi connectivity index (χ1n) is 4.68. The van der Waals surface area contributed by atoms with Crippen LogP contribution in [0.4, 0.5) is 0 Å². The predicted molar refractivity (Wildman–Crippen MR) is 63.7 cm³/mol. The van der Waals surface area contributed by atoms with Crippen molar-refractivity contribution in [2.45, 2.75) is 0 Å². The summed E-state index contributed by atoms with van der Waals surface area (Å²) in [6.07, 6.45) is 0. The summed E-state index contributed by atoms with van der Waals surface area (Å²) in [6, 6.07) is 7.75. The molecule has 0 aliphatic carbocycles. The maximum Gasteiger partial charge on any atom is 0.341 e. The summed E-state index contributed by atoms with van der Waals surface area (Å²) >= 11 is 3.41. The van der Waals surface area contributed by atoms with E-state index in [0.29, 0.717) is 5.88 Å². The van der Waals surface area contributed by atoms with Gasteiger partial charge >= 0.3 is 5.97 Å². The van der Waals surface area contributed by atoms with Gasteiger partial charge < -0.3 is 14.4 Å². The Morgan fingerprint density at radius 2 is 2.19 bits per heavy atom. The van der Waals surface area contributed by atoms with Gasteiger partial charge in [0.2, 0.25) is 5.88 Å². The molecule has 1 N–H and O–H groups in total. The number of carboxylic acid groups (broad SMARTS) is 1. The van der Waals surface area contributed by atoms with Gasteiger partial charge in [-0.05, 0) is 22.0 Å². The number of carboxylic acids is 1. The molecule has 84 valence electrons. The monoisotopic (exact) mass is 283 g/mol. The second-order valence-corrected chi connectivity index (χ2v) is 4.17. The molecule has 1 heterocycles. The molecule has 0 saturated carbocycles. The lowest BCUT2D eigenvalue weighted by atomic mass is 10.2. The van der Waals surface area contributed by atoms with Crippen LogP contribution in [-0.2, 0) is 11.8 Å². The Morgan fingerprint density at radius 1 is 1.50 bits per heavy atom. The first-order chi connectivity index (χ1) is 7.61. The Morgan fingerprint density at radius 3 is 2.81 bits per heavy atom. The molecule has 0 atom stereocenters. The minimum absolute atomic E-state index is 0.344. The number of benzene rings is 1.